The molecule has 1 aromatic rings. The molecule has 0 fully saturated rings. The fourth-order valence-electron chi connectivity index (χ4n) is 1.20. The van der Waals surface area contributed by atoms with Crippen LogP contribution in [0.1, 0.15) is 12.5 Å². The Hall–Kier alpha value is -1.29. The van der Waals surface area contributed by atoms with Gasteiger partial charge in [0, 0.05) is 5.56 Å². The minimum Gasteiger partial charge on any atom is -0.383 e. The normalized spacial score (nSPS) is 14.4. The van der Waals surface area contributed by atoms with E-state index in [2.05, 4.69) is 0 Å². The van der Waals surface area contributed by atoms with Crippen molar-refractivity contribution in [2.24, 2.45) is 0 Å². The summed E-state index contributed by atoms with van der Waals surface area (Å²) in [6, 6.07) is 5.82. The SMILES string of the molecule is CC(=CC(O)C(F)F)c1ccccc1F. The molecule has 1 rings (SSSR count). The molecule has 1 aromatic carbocycles. The highest BCUT2D eigenvalue weighted by Crippen LogP contribution is 2.19. The van der Waals surface area contributed by atoms with Gasteiger partial charge in [0.25, 0.3) is 6.43 Å². The third kappa shape index (κ3) is 3.09. The summed E-state index contributed by atoms with van der Waals surface area (Å²) < 4.78 is 37.2. The second-order valence-electron chi connectivity index (χ2n) is 3.15. The highest BCUT2D eigenvalue weighted by Gasteiger charge is 2.14. The molecule has 1 atom stereocenters. The summed E-state index contributed by atoms with van der Waals surface area (Å²) in [6.07, 6.45) is -3.76. The zero-order valence-corrected chi connectivity index (χ0v) is 8.12. The molecule has 15 heavy (non-hydrogen) atoms. The van der Waals surface area contributed by atoms with E-state index in [1.165, 1.54) is 25.1 Å². The Labute approximate surface area is 85.9 Å². The number of rotatable bonds is 3. The molecule has 0 amide bonds. The molecular weight excluding hydrogens is 205 g/mol. The van der Waals surface area contributed by atoms with Crippen molar-refractivity contribution in [2.75, 3.05) is 0 Å². The summed E-state index contributed by atoms with van der Waals surface area (Å²) in [4.78, 5) is 0. The van der Waals surface area contributed by atoms with Crippen LogP contribution in [0.2, 0.25) is 0 Å². The molecule has 0 aromatic heterocycles. The van der Waals surface area contributed by atoms with Crippen LogP contribution in [0.5, 0.6) is 0 Å². The zero-order valence-electron chi connectivity index (χ0n) is 8.12. The van der Waals surface area contributed by atoms with E-state index < -0.39 is 18.3 Å². The van der Waals surface area contributed by atoms with Gasteiger partial charge < -0.3 is 5.11 Å². The monoisotopic (exact) mass is 216 g/mol. The van der Waals surface area contributed by atoms with Crippen LogP contribution in [0, 0.1) is 5.82 Å². The number of hydrogen-bond acceptors (Lipinski definition) is 1. The molecule has 82 valence electrons. The van der Waals surface area contributed by atoms with Crippen molar-refractivity contribution in [1.82, 2.24) is 0 Å². The van der Waals surface area contributed by atoms with E-state index in [1.807, 2.05) is 0 Å². The van der Waals surface area contributed by atoms with Gasteiger partial charge in [-0.15, -0.1) is 0 Å². The number of benzene rings is 1. The first kappa shape index (κ1) is 11.8. The Bertz CT molecular complexity index is 361. The number of alkyl halides is 2. The number of halogens is 3. The standard InChI is InChI=1S/C11H11F3O/c1-7(6-10(15)11(13)14)8-4-2-3-5-9(8)12/h2-6,10-11,15H,1H3. The average Bonchev–Trinajstić information content (AvgIpc) is 2.18. The summed E-state index contributed by atoms with van der Waals surface area (Å²) in [5, 5.41) is 8.90. The maximum absolute atomic E-state index is 13.2. The molecule has 0 spiro atoms. The molecule has 0 aliphatic carbocycles. The van der Waals surface area contributed by atoms with E-state index in [0.29, 0.717) is 5.57 Å². The Morgan fingerprint density at radius 1 is 1.33 bits per heavy atom. The van der Waals surface area contributed by atoms with Crippen molar-refractivity contribution in [2.45, 2.75) is 19.5 Å². The summed E-state index contributed by atoms with van der Waals surface area (Å²) in [5.41, 5.74) is 0.512. The van der Waals surface area contributed by atoms with Crippen LogP contribution in [-0.2, 0) is 0 Å². The minimum atomic E-state index is -2.85. The van der Waals surface area contributed by atoms with Crippen LogP contribution >= 0.6 is 0 Å². The molecule has 0 saturated carbocycles. The molecule has 1 nitrogen and oxygen atoms in total. The molecule has 4 heteroatoms. The zero-order chi connectivity index (χ0) is 11.4. The van der Waals surface area contributed by atoms with E-state index in [1.54, 1.807) is 6.07 Å². The fourth-order valence-corrected chi connectivity index (χ4v) is 1.20. The first-order valence-electron chi connectivity index (χ1n) is 4.42. The number of hydrogen-bond donors (Lipinski definition) is 1. The van der Waals surface area contributed by atoms with Gasteiger partial charge in [-0.2, -0.15) is 0 Å². The second kappa shape index (κ2) is 4.98. The highest BCUT2D eigenvalue weighted by atomic mass is 19.3. The van der Waals surface area contributed by atoms with Gasteiger partial charge >= 0.3 is 0 Å². The van der Waals surface area contributed by atoms with Crippen LogP contribution < -0.4 is 0 Å². The number of allylic oxidation sites excluding steroid dienone is 1. The topological polar surface area (TPSA) is 20.2 Å². The molecule has 0 bridgehead atoms. The van der Waals surface area contributed by atoms with Crippen molar-refractivity contribution < 1.29 is 18.3 Å². The minimum absolute atomic E-state index is 0.220. The van der Waals surface area contributed by atoms with E-state index in [0.717, 1.165) is 6.08 Å². The van der Waals surface area contributed by atoms with E-state index in [4.69, 9.17) is 5.11 Å². The second-order valence-corrected chi connectivity index (χ2v) is 3.15. The van der Waals surface area contributed by atoms with Gasteiger partial charge in [0.05, 0.1) is 0 Å². The first-order chi connectivity index (χ1) is 7.02. The van der Waals surface area contributed by atoms with Gasteiger partial charge in [-0.05, 0) is 24.6 Å². The van der Waals surface area contributed by atoms with Gasteiger partial charge in [0.15, 0.2) is 0 Å². The number of aliphatic hydroxyl groups excluding tert-OH is 1. The molecule has 0 aliphatic heterocycles. The summed E-state index contributed by atoms with van der Waals surface area (Å²) >= 11 is 0. The quantitative estimate of drug-likeness (QED) is 0.823. The van der Waals surface area contributed by atoms with Gasteiger partial charge in [0.2, 0.25) is 0 Å². The summed E-state index contributed by atoms with van der Waals surface area (Å²) in [5.74, 6) is -0.493. The van der Waals surface area contributed by atoms with Gasteiger partial charge in [-0.25, -0.2) is 13.2 Å². The highest BCUT2D eigenvalue weighted by molar-refractivity contribution is 5.64. The fraction of sp³-hybridized carbons (Fsp3) is 0.273. The lowest BCUT2D eigenvalue weighted by Gasteiger charge is -2.07. The van der Waals surface area contributed by atoms with Crippen molar-refractivity contribution in [3.63, 3.8) is 0 Å². The Morgan fingerprint density at radius 2 is 1.93 bits per heavy atom. The van der Waals surface area contributed by atoms with E-state index >= 15 is 0 Å². The Kier molecular flexibility index (Phi) is 3.91. The predicted octanol–water partition coefficient (Wildman–Crippen LogP) is 2.86. The molecule has 1 N–H and O–H groups in total. The van der Waals surface area contributed by atoms with Gasteiger partial charge in [-0.3, -0.25) is 0 Å². The van der Waals surface area contributed by atoms with Crippen LogP contribution in [0.4, 0.5) is 13.2 Å². The lowest BCUT2D eigenvalue weighted by atomic mass is 10.1. The lowest BCUT2D eigenvalue weighted by molar-refractivity contribution is 0.0243. The third-order valence-corrected chi connectivity index (χ3v) is 1.98. The largest absolute Gasteiger partial charge is 0.383 e. The predicted molar refractivity (Wildman–Crippen MR) is 52.1 cm³/mol. The van der Waals surface area contributed by atoms with Gasteiger partial charge in [0.1, 0.15) is 11.9 Å². The van der Waals surface area contributed by atoms with Crippen LogP contribution in [-0.4, -0.2) is 17.6 Å². The van der Waals surface area contributed by atoms with E-state index in [9.17, 15) is 13.2 Å². The van der Waals surface area contributed by atoms with Crippen molar-refractivity contribution in [3.8, 4) is 0 Å². The lowest BCUT2D eigenvalue weighted by Crippen LogP contribution is -2.14. The van der Waals surface area contributed by atoms with Crippen LogP contribution in [0.25, 0.3) is 5.57 Å². The molecular formula is C11H11F3O. The first-order valence-corrected chi connectivity index (χ1v) is 4.42. The molecule has 0 radical (unpaired) electrons. The molecule has 0 saturated heterocycles. The average molecular weight is 216 g/mol. The third-order valence-electron chi connectivity index (χ3n) is 1.98. The molecule has 1 unspecified atom stereocenters. The Morgan fingerprint density at radius 3 is 2.47 bits per heavy atom. The maximum Gasteiger partial charge on any atom is 0.267 e. The van der Waals surface area contributed by atoms with Crippen molar-refractivity contribution in [3.05, 3.63) is 41.7 Å². The smallest absolute Gasteiger partial charge is 0.267 e. The molecule has 0 aliphatic rings. The van der Waals surface area contributed by atoms with E-state index in [-0.39, 0.29) is 5.56 Å². The van der Waals surface area contributed by atoms with Crippen molar-refractivity contribution in [1.29, 1.82) is 0 Å². The summed E-state index contributed by atoms with van der Waals surface area (Å²) in [7, 11) is 0. The van der Waals surface area contributed by atoms with Crippen LogP contribution in [0.3, 0.4) is 0 Å². The van der Waals surface area contributed by atoms with Gasteiger partial charge in [-0.1, -0.05) is 18.2 Å². The Balaban J connectivity index is 2.94. The van der Waals surface area contributed by atoms with Crippen molar-refractivity contribution >= 4 is 5.57 Å². The molecule has 0 heterocycles. The van der Waals surface area contributed by atoms with Crippen LogP contribution in [0.15, 0.2) is 30.3 Å². The number of aliphatic hydroxyl groups is 1. The summed E-state index contributed by atoms with van der Waals surface area (Å²) in [6.45, 7) is 1.48. The maximum atomic E-state index is 13.2.